The Balaban J connectivity index is 2.02. The number of nitrogens with zero attached hydrogens (tertiary/aromatic N) is 2. The summed E-state index contributed by atoms with van der Waals surface area (Å²) in [4.78, 5) is 12.5. The van der Waals surface area contributed by atoms with Crippen molar-refractivity contribution < 1.29 is 17.9 Å². The molecule has 0 bridgehead atoms. The van der Waals surface area contributed by atoms with Gasteiger partial charge in [0.05, 0.1) is 19.1 Å². The van der Waals surface area contributed by atoms with Crippen LogP contribution in [-0.4, -0.2) is 39.9 Å². The van der Waals surface area contributed by atoms with E-state index >= 15 is 0 Å². The first-order valence-corrected chi connectivity index (χ1v) is 12.7. The van der Waals surface area contributed by atoms with Crippen LogP contribution < -0.4 is 14.5 Å². The summed E-state index contributed by atoms with van der Waals surface area (Å²) < 4.78 is 30.7. The van der Waals surface area contributed by atoms with Gasteiger partial charge in [-0.1, -0.05) is 51.0 Å². The van der Waals surface area contributed by atoms with Crippen LogP contribution in [0.3, 0.4) is 0 Å². The molecular weight excluding hydrogens is 402 g/mol. The van der Waals surface area contributed by atoms with E-state index in [0.29, 0.717) is 11.4 Å². The first kappa shape index (κ1) is 24.2. The molecule has 30 heavy (non-hydrogen) atoms. The quantitative estimate of drug-likeness (QED) is 0.674. The van der Waals surface area contributed by atoms with Crippen molar-refractivity contribution in [1.82, 2.24) is 5.43 Å². The highest BCUT2D eigenvalue weighted by Crippen LogP contribution is 2.23. The zero-order valence-electron chi connectivity index (χ0n) is 18.2. The second kappa shape index (κ2) is 12.6. The number of hydrazone groups is 1. The predicted molar refractivity (Wildman–Crippen MR) is 122 cm³/mol. The lowest BCUT2D eigenvalue weighted by Gasteiger charge is -2.21. The Morgan fingerprint density at radius 3 is 2.13 bits per heavy atom. The summed E-state index contributed by atoms with van der Waals surface area (Å²) in [6.45, 7) is -0.331. The van der Waals surface area contributed by atoms with Crippen LogP contribution in [0.25, 0.3) is 0 Å². The highest BCUT2D eigenvalue weighted by Gasteiger charge is 2.21. The number of sulfonamides is 1. The van der Waals surface area contributed by atoms with Crippen LogP contribution in [0.15, 0.2) is 29.4 Å². The lowest BCUT2D eigenvalue weighted by Crippen LogP contribution is -2.39. The van der Waals surface area contributed by atoms with Gasteiger partial charge in [-0.25, -0.2) is 13.8 Å². The molecule has 0 heterocycles. The zero-order valence-corrected chi connectivity index (χ0v) is 19.0. The summed E-state index contributed by atoms with van der Waals surface area (Å²) in [7, 11) is -2.13. The molecule has 0 aromatic heterocycles. The van der Waals surface area contributed by atoms with Gasteiger partial charge in [0.1, 0.15) is 12.3 Å². The molecule has 0 saturated heterocycles. The van der Waals surface area contributed by atoms with Crippen LogP contribution in [0.4, 0.5) is 5.69 Å². The van der Waals surface area contributed by atoms with E-state index in [1.165, 1.54) is 52.1 Å². The summed E-state index contributed by atoms with van der Waals surface area (Å²) in [5.74, 6) is 0.0666. The van der Waals surface area contributed by atoms with E-state index in [1.807, 2.05) is 0 Å². The number of nitrogens with one attached hydrogen (secondary N) is 1. The van der Waals surface area contributed by atoms with Crippen molar-refractivity contribution in [3.05, 3.63) is 24.3 Å². The third-order valence-electron chi connectivity index (χ3n) is 5.30. The van der Waals surface area contributed by atoms with Crippen molar-refractivity contribution in [3.8, 4) is 5.75 Å². The van der Waals surface area contributed by atoms with Gasteiger partial charge in [-0.3, -0.25) is 9.10 Å². The fourth-order valence-electron chi connectivity index (χ4n) is 3.61. The van der Waals surface area contributed by atoms with Gasteiger partial charge in [0.25, 0.3) is 5.91 Å². The van der Waals surface area contributed by atoms with Crippen LogP contribution in [0, 0.1) is 0 Å². The van der Waals surface area contributed by atoms with Gasteiger partial charge in [0, 0.05) is 11.8 Å². The third-order valence-corrected chi connectivity index (χ3v) is 6.44. The lowest BCUT2D eigenvalue weighted by atomic mass is 10.00. The van der Waals surface area contributed by atoms with Crippen LogP contribution in [-0.2, 0) is 14.8 Å². The average molecular weight is 438 g/mol. The monoisotopic (exact) mass is 437 g/mol. The maximum atomic E-state index is 12.5. The normalized spacial score (nSPS) is 16.7. The van der Waals surface area contributed by atoms with E-state index in [-0.39, 0.29) is 6.54 Å². The Morgan fingerprint density at radius 1 is 1.03 bits per heavy atom. The predicted octanol–water partition coefficient (Wildman–Crippen LogP) is 4.24. The van der Waals surface area contributed by atoms with Crippen LogP contribution in [0.2, 0.25) is 0 Å². The highest BCUT2D eigenvalue weighted by atomic mass is 32.2. The number of carbonyl (C=O) groups is 1. The molecule has 1 N–H and O–H groups in total. The molecule has 1 aromatic rings. The lowest BCUT2D eigenvalue weighted by molar-refractivity contribution is -0.119. The molecule has 0 unspecified atom stereocenters. The Kier molecular flexibility index (Phi) is 10.1. The fraction of sp³-hybridized carbons (Fsp3) is 0.636. The van der Waals surface area contributed by atoms with Gasteiger partial charge in [-0.15, -0.1) is 0 Å². The third kappa shape index (κ3) is 8.73. The minimum absolute atomic E-state index is 0.331. The molecule has 0 radical (unpaired) electrons. The van der Waals surface area contributed by atoms with Crippen molar-refractivity contribution in [3.63, 3.8) is 0 Å². The topological polar surface area (TPSA) is 88.1 Å². The molecule has 1 fully saturated rings. The Bertz CT molecular complexity index is 794. The first-order chi connectivity index (χ1) is 14.4. The molecule has 1 saturated carbocycles. The minimum Gasteiger partial charge on any atom is -0.497 e. The molecule has 0 spiro atoms. The van der Waals surface area contributed by atoms with Crippen molar-refractivity contribution in [2.75, 3.05) is 24.2 Å². The number of anilines is 1. The molecule has 1 aliphatic carbocycles. The van der Waals surface area contributed by atoms with Crippen LogP contribution in [0.5, 0.6) is 5.75 Å². The number of carbonyl (C=O) groups excluding carboxylic acids is 1. The number of amides is 1. The van der Waals surface area contributed by atoms with E-state index in [4.69, 9.17) is 4.74 Å². The Morgan fingerprint density at radius 2 is 1.60 bits per heavy atom. The summed E-state index contributed by atoms with van der Waals surface area (Å²) in [6, 6.07) is 6.64. The SMILES string of the molecule is COc1cccc(N(CC(=O)NN=C2CCCCCCCCCCC2)S(C)(=O)=O)c1. The van der Waals surface area contributed by atoms with E-state index < -0.39 is 15.9 Å². The summed E-state index contributed by atoms with van der Waals surface area (Å²) in [5.41, 5.74) is 3.95. The van der Waals surface area contributed by atoms with Crippen molar-refractivity contribution in [2.45, 2.75) is 70.6 Å². The van der Waals surface area contributed by atoms with Crippen LogP contribution >= 0.6 is 0 Å². The number of hydrogen-bond acceptors (Lipinski definition) is 5. The number of ether oxygens (including phenoxy) is 1. The molecule has 0 atom stereocenters. The molecule has 1 amide bonds. The van der Waals surface area contributed by atoms with Crippen molar-refractivity contribution in [1.29, 1.82) is 0 Å². The summed E-state index contributed by atoms with van der Waals surface area (Å²) >= 11 is 0. The van der Waals surface area contributed by atoms with E-state index in [2.05, 4.69) is 10.5 Å². The van der Waals surface area contributed by atoms with Gasteiger partial charge in [0.2, 0.25) is 10.0 Å². The maximum Gasteiger partial charge on any atom is 0.260 e. The number of hydrogen-bond donors (Lipinski definition) is 1. The molecular formula is C22H35N3O4S. The van der Waals surface area contributed by atoms with E-state index in [0.717, 1.165) is 42.0 Å². The Hall–Kier alpha value is -2.09. The van der Waals surface area contributed by atoms with Crippen molar-refractivity contribution in [2.24, 2.45) is 5.10 Å². The van der Waals surface area contributed by atoms with Gasteiger partial charge in [-0.05, 0) is 37.8 Å². The summed E-state index contributed by atoms with van der Waals surface area (Å²) in [6.07, 6.45) is 13.8. The molecule has 168 valence electrons. The smallest absolute Gasteiger partial charge is 0.260 e. The maximum absolute atomic E-state index is 12.5. The fourth-order valence-corrected chi connectivity index (χ4v) is 4.45. The summed E-state index contributed by atoms with van der Waals surface area (Å²) in [5, 5.41) is 4.34. The van der Waals surface area contributed by atoms with Crippen molar-refractivity contribution >= 4 is 27.3 Å². The molecule has 0 aliphatic heterocycles. The number of rotatable bonds is 6. The van der Waals surface area contributed by atoms with Gasteiger partial charge < -0.3 is 4.74 Å². The van der Waals surface area contributed by atoms with Gasteiger partial charge in [0.15, 0.2) is 0 Å². The molecule has 8 heteroatoms. The second-order valence-corrected chi connectivity index (χ2v) is 9.77. The van der Waals surface area contributed by atoms with Crippen LogP contribution in [0.1, 0.15) is 70.6 Å². The molecule has 1 aromatic carbocycles. The van der Waals surface area contributed by atoms with E-state index in [1.54, 1.807) is 24.3 Å². The largest absolute Gasteiger partial charge is 0.497 e. The highest BCUT2D eigenvalue weighted by molar-refractivity contribution is 7.92. The van der Waals surface area contributed by atoms with E-state index in [9.17, 15) is 13.2 Å². The zero-order chi connectivity index (χ0) is 21.8. The standard InChI is InChI=1S/C22H35N3O4S/c1-29-21-16-12-15-20(17-21)25(30(2,27)28)18-22(26)24-23-19-13-10-8-6-4-3-5-7-9-11-14-19/h12,15-17H,3-11,13-14,18H2,1-2H3,(H,24,26). The minimum atomic E-state index is -3.64. The second-order valence-electron chi connectivity index (χ2n) is 7.87. The first-order valence-electron chi connectivity index (χ1n) is 10.9. The molecule has 2 rings (SSSR count). The number of benzene rings is 1. The average Bonchev–Trinajstić information content (AvgIpc) is 2.71. The molecule has 7 nitrogen and oxygen atoms in total. The van der Waals surface area contributed by atoms with Gasteiger partial charge >= 0.3 is 0 Å². The molecule has 1 aliphatic rings. The van der Waals surface area contributed by atoms with Gasteiger partial charge in [-0.2, -0.15) is 5.10 Å². The number of methoxy groups -OCH3 is 1. The Labute approximate surface area is 180 Å².